The molecule has 0 spiro atoms. The van der Waals surface area contributed by atoms with Crippen LogP contribution in [0.3, 0.4) is 0 Å². The number of nitrogens with two attached hydrogens (primary N) is 1. The lowest BCUT2D eigenvalue weighted by Crippen LogP contribution is -2.31. The van der Waals surface area contributed by atoms with E-state index in [9.17, 15) is 13.2 Å². The van der Waals surface area contributed by atoms with Crippen LogP contribution in [0.5, 0.6) is 0 Å². The van der Waals surface area contributed by atoms with E-state index in [0.717, 1.165) is 30.9 Å². The van der Waals surface area contributed by atoms with Crippen LogP contribution in [-0.4, -0.2) is 24.5 Å². The molecule has 29 heavy (non-hydrogen) atoms. The summed E-state index contributed by atoms with van der Waals surface area (Å²) in [6.45, 7) is 1.30. The molecule has 1 fully saturated rings. The van der Waals surface area contributed by atoms with E-state index in [4.69, 9.17) is 5.73 Å². The van der Waals surface area contributed by atoms with Gasteiger partial charge in [0.15, 0.2) is 5.17 Å². The quantitative estimate of drug-likeness (QED) is 0.407. The zero-order valence-corrected chi connectivity index (χ0v) is 16.7. The summed E-state index contributed by atoms with van der Waals surface area (Å²) in [6, 6.07) is 14.0. The summed E-state index contributed by atoms with van der Waals surface area (Å²) in [4.78, 5) is 1.81. The third-order valence-corrected chi connectivity index (χ3v) is 5.47. The molecule has 8 heteroatoms. The molecule has 0 unspecified atom stereocenters. The van der Waals surface area contributed by atoms with Gasteiger partial charge in [-0.25, -0.2) is 0 Å². The Kier molecular flexibility index (Phi) is 7.19. The van der Waals surface area contributed by atoms with Gasteiger partial charge in [-0.1, -0.05) is 48.2 Å². The molecule has 2 N–H and O–H groups in total. The molecule has 1 saturated heterocycles. The monoisotopic (exact) mass is 420 g/mol. The van der Waals surface area contributed by atoms with Gasteiger partial charge in [-0.3, -0.25) is 0 Å². The molecule has 2 aromatic rings. The molecule has 0 amide bonds. The molecule has 1 heterocycles. The number of hydrogen-bond donors (Lipinski definition) is 1. The SMILES string of the molecule is NC(=NN=Cc1ccc(N2CCCCC2)c(C(F)(F)F)c1)SCc1ccccc1. The second-order valence-electron chi connectivity index (χ2n) is 6.78. The number of rotatable bonds is 5. The summed E-state index contributed by atoms with van der Waals surface area (Å²) in [5, 5.41) is 7.98. The average Bonchev–Trinajstić information content (AvgIpc) is 2.73. The van der Waals surface area contributed by atoms with Crippen molar-refractivity contribution in [3.63, 3.8) is 0 Å². The molecule has 0 aliphatic carbocycles. The predicted octanol–water partition coefficient (Wildman–Crippen LogP) is 5.28. The van der Waals surface area contributed by atoms with E-state index in [1.54, 1.807) is 6.07 Å². The number of halogens is 3. The second-order valence-corrected chi connectivity index (χ2v) is 7.77. The number of anilines is 1. The summed E-state index contributed by atoms with van der Waals surface area (Å²) in [7, 11) is 0. The van der Waals surface area contributed by atoms with Crippen LogP contribution in [0.25, 0.3) is 0 Å². The van der Waals surface area contributed by atoms with E-state index in [1.807, 2.05) is 35.2 Å². The Hall–Kier alpha value is -2.48. The van der Waals surface area contributed by atoms with Gasteiger partial charge in [-0.05, 0) is 42.5 Å². The lowest BCUT2D eigenvalue weighted by molar-refractivity contribution is -0.137. The molecule has 0 atom stereocenters. The fourth-order valence-electron chi connectivity index (χ4n) is 3.18. The number of nitrogens with zero attached hydrogens (tertiary/aromatic N) is 3. The van der Waals surface area contributed by atoms with Crippen molar-refractivity contribution >= 4 is 28.8 Å². The molecule has 0 aromatic heterocycles. The Balaban J connectivity index is 1.69. The number of hydrogen-bond acceptors (Lipinski definition) is 4. The molecule has 1 aliphatic heterocycles. The standard InChI is InChI=1S/C21H23F3N4S/c22-21(23,24)18-13-17(9-10-19(18)28-11-5-2-6-12-28)14-26-27-20(25)29-15-16-7-3-1-4-8-16/h1,3-4,7-10,13-14H,2,5-6,11-12,15H2,(H2,25,27). The van der Waals surface area contributed by atoms with Gasteiger partial charge in [0, 0.05) is 24.5 Å². The minimum atomic E-state index is -4.43. The first-order chi connectivity index (χ1) is 13.9. The maximum atomic E-state index is 13.6. The Morgan fingerprint density at radius 3 is 2.48 bits per heavy atom. The Morgan fingerprint density at radius 2 is 1.79 bits per heavy atom. The zero-order chi connectivity index (χ0) is 20.7. The van der Waals surface area contributed by atoms with Crippen molar-refractivity contribution in [3.8, 4) is 0 Å². The van der Waals surface area contributed by atoms with Gasteiger partial charge in [0.05, 0.1) is 11.8 Å². The van der Waals surface area contributed by atoms with E-state index >= 15 is 0 Å². The summed E-state index contributed by atoms with van der Waals surface area (Å²) in [5.41, 5.74) is 6.85. The highest BCUT2D eigenvalue weighted by Crippen LogP contribution is 2.38. The molecule has 154 valence electrons. The van der Waals surface area contributed by atoms with Crippen molar-refractivity contribution in [3.05, 3.63) is 65.2 Å². The number of alkyl halides is 3. The molecule has 0 bridgehead atoms. The molecular formula is C21H23F3N4S. The first kappa shape index (κ1) is 21.2. The highest BCUT2D eigenvalue weighted by atomic mass is 32.2. The average molecular weight is 421 g/mol. The van der Waals surface area contributed by atoms with Crippen molar-refractivity contribution in [2.45, 2.75) is 31.2 Å². The van der Waals surface area contributed by atoms with Gasteiger partial charge in [0.1, 0.15) is 0 Å². The fraction of sp³-hybridized carbons (Fsp3) is 0.333. The smallest absolute Gasteiger partial charge is 0.377 e. The molecule has 4 nitrogen and oxygen atoms in total. The molecule has 2 aromatic carbocycles. The maximum absolute atomic E-state index is 13.6. The van der Waals surface area contributed by atoms with Crippen molar-refractivity contribution in [2.24, 2.45) is 15.9 Å². The molecular weight excluding hydrogens is 397 g/mol. The largest absolute Gasteiger partial charge is 0.418 e. The van der Waals surface area contributed by atoms with Crippen molar-refractivity contribution in [1.82, 2.24) is 0 Å². The summed E-state index contributed by atoms with van der Waals surface area (Å²) in [5.74, 6) is 0.647. The Labute approximate surface area is 172 Å². The second kappa shape index (κ2) is 9.82. The molecule has 0 radical (unpaired) electrons. The van der Waals surface area contributed by atoms with E-state index in [2.05, 4.69) is 10.2 Å². The van der Waals surface area contributed by atoms with Crippen LogP contribution in [0.2, 0.25) is 0 Å². The van der Waals surface area contributed by atoms with E-state index < -0.39 is 11.7 Å². The minimum Gasteiger partial charge on any atom is -0.377 e. The van der Waals surface area contributed by atoms with Gasteiger partial charge in [-0.2, -0.15) is 18.3 Å². The highest BCUT2D eigenvalue weighted by molar-refractivity contribution is 8.13. The lowest BCUT2D eigenvalue weighted by Gasteiger charge is -2.31. The van der Waals surface area contributed by atoms with Gasteiger partial charge >= 0.3 is 6.18 Å². The Morgan fingerprint density at radius 1 is 1.07 bits per heavy atom. The zero-order valence-electron chi connectivity index (χ0n) is 15.9. The first-order valence-electron chi connectivity index (χ1n) is 9.43. The van der Waals surface area contributed by atoms with Crippen molar-refractivity contribution < 1.29 is 13.2 Å². The Bertz CT molecular complexity index is 860. The first-order valence-corrected chi connectivity index (χ1v) is 10.4. The molecule has 0 saturated carbocycles. The van der Waals surface area contributed by atoms with Crippen molar-refractivity contribution in [1.29, 1.82) is 0 Å². The number of piperidine rings is 1. The van der Waals surface area contributed by atoms with Crippen molar-refractivity contribution in [2.75, 3.05) is 18.0 Å². The van der Waals surface area contributed by atoms with Gasteiger partial charge in [0.2, 0.25) is 0 Å². The van der Waals surface area contributed by atoms with Gasteiger partial charge < -0.3 is 10.6 Å². The third-order valence-electron chi connectivity index (χ3n) is 4.62. The van der Waals surface area contributed by atoms with Crippen LogP contribution >= 0.6 is 11.8 Å². The number of amidine groups is 1. The molecule has 3 rings (SSSR count). The minimum absolute atomic E-state index is 0.232. The summed E-state index contributed by atoms with van der Waals surface area (Å²) < 4.78 is 40.7. The van der Waals surface area contributed by atoms with E-state index in [-0.39, 0.29) is 10.9 Å². The lowest BCUT2D eigenvalue weighted by atomic mass is 10.0. The van der Waals surface area contributed by atoms with Crippen LogP contribution in [0.15, 0.2) is 58.7 Å². The maximum Gasteiger partial charge on any atom is 0.418 e. The van der Waals surface area contributed by atoms with Crippen LogP contribution in [0.4, 0.5) is 18.9 Å². The summed E-state index contributed by atoms with van der Waals surface area (Å²) in [6.07, 6.45) is -0.246. The van der Waals surface area contributed by atoms with E-state index in [0.29, 0.717) is 24.4 Å². The van der Waals surface area contributed by atoms with Gasteiger partial charge in [-0.15, -0.1) is 5.10 Å². The fourth-order valence-corrected chi connectivity index (χ4v) is 3.80. The van der Waals surface area contributed by atoms with E-state index in [1.165, 1.54) is 24.0 Å². The normalized spacial score (nSPS) is 15.8. The topological polar surface area (TPSA) is 54.0 Å². The number of thioether (sulfide) groups is 1. The van der Waals surface area contributed by atoms with Crippen LogP contribution < -0.4 is 10.6 Å². The van der Waals surface area contributed by atoms with Crippen LogP contribution in [-0.2, 0) is 11.9 Å². The predicted molar refractivity (Wildman–Crippen MR) is 114 cm³/mol. The van der Waals surface area contributed by atoms with Crippen LogP contribution in [0.1, 0.15) is 36.0 Å². The van der Waals surface area contributed by atoms with Gasteiger partial charge in [0.25, 0.3) is 0 Å². The highest BCUT2D eigenvalue weighted by Gasteiger charge is 2.35. The number of benzene rings is 2. The van der Waals surface area contributed by atoms with Crippen LogP contribution in [0, 0.1) is 0 Å². The summed E-state index contributed by atoms with van der Waals surface area (Å²) >= 11 is 1.32. The molecule has 1 aliphatic rings. The third kappa shape index (κ3) is 6.25.